The molecule has 12 nitrogen and oxygen atoms in total. The molecule has 2 N–H and O–H groups in total. The minimum atomic E-state index is -5.12. The lowest BCUT2D eigenvalue weighted by atomic mass is 9.93. The van der Waals surface area contributed by atoms with E-state index in [9.17, 15) is 43.6 Å². The molecule has 3 aliphatic rings. The molecular formula is C41H36ClF7IN7O5S2. The quantitative estimate of drug-likeness (QED) is 0.0721. The number of alkyl halides is 5. The number of fused-ring (bicyclic) bond motifs is 2. The number of sulfonamides is 1. The highest BCUT2D eigenvalue weighted by molar-refractivity contribution is 14.1. The molecule has 1 amide bonds. The van der Waals surface area contributed by atoms with Crippen LogP contribution in [0, 0.1) is 27.0 Å². The van der Waals surface area contributed by atoms with Gasteiger partial charge >= 0.3 is 6.18 Å². The van der Waals surface area contributed by atoms with Crippen LogP contribution in [0.25, 0.3) is 22.0 Å². The topological polar surface area (TPSA) is 158 Å². The number of rotatable bonds is 12. The lowest BCUT2D eigenvalue weighted by Gasteiger charge is -2.23. The summed E-state index contributed by atoms with van der Waals surface area (Å²) in [4.78, 5) is 18.9. The number of aromatic nitrogens is 5. The molecule has 0 saturated heterocycles. The minimum Gasteiger partial charge on any atom is -0.346 e. The van der Waals surface area contributed by atoms with Gasteiger partial charge in [-0.2, -0.15) is 32.1 Å². The van der Waals surface area contributed by atoms with Crippen LogP contribution in [-0.2, 0) is 63.2 Å². The molecule has 0 bridgehead atoms. The summed E-state index contributed by atoms with van der Waals surface area (Å²) in [6.07, 6.45) is -5.30. The van der Waals surface area contributed by atoms with Gasteiger partial charge in [0.05, 0.1) is 38.2 Å². The molecule has 3 aromatic heterocycles. The molecule has 0 unspecified atom stereocenters. The highest BCUT2D eigenvalue weighted by Gasteiger charge is 2.50. The van der Waals surface area contributed by atoms with E-state index in [1.54, 1.807) is 12.1 Å². The number of sulfone groups is 1. The maximum atomic E-state index is 15.1. The summed E-state index contributed by atoms with van der Waals surface area (Å²) in [5.74, 6) is -1.32. The second-order valence-corrected chi connectivity index (χ2v) is 22.8. The molecule has 3 aliphatic carbocycles. The van der Waals surface area contributed by atoms with E-state index in [0.717, 1.165) is 12.1 Å². The number of benzene rings is 2. The van der Waals surface area contributed by atoms with Crippen LogP contribution in [-0.4, -0.2) is 62.5 Å². The Balaban J connectivity index is 1.31. The van der Waals surface area contributed by atoms with Gasteiger partial charge in [0, 0.05) is 39.8 Å². The summed E-state index contributed by atoms with van der Waals surface area (Å²) in [5.41, 5.74) is -2.76. The molecule has 0 aliphatic heterocycles. The number of anilines is 1. The fourth-order valence-electron chi connectivity index (χ4n) is 7.86. The number of aryl methyl sites for hydroxylation is 1. The van der Waals surface area contributed by atoms with Crippen molar-refractivity contribution in [1.29, 1.82) is 0 Å². The largest absolute Gasteiger partial charge is 0.435 e. The number of halogens is 9. The predicted molar refractivity (Wildman–Crippen MR) is 231 cm³/mol. The number of amides is 1. The molecule has 5 aromatic rings. The van der Waals surface area contributed by atoms with Gasteiger partial charge in [-0.25, -0.2) is 30.6 Å². The highest BCUT2D eigenvalue weighted by atomic mass is 127. The van der Waals surface area contributed by atoms with Crippen molar-refractivity contribution in [2.75, 3.05) is 4.72 Å². The SMILES string of the molecule is Cn1nc(NS(=O)(=O)C2CC2)c2c(Cl)ccc(-c3cc(I)c(C#CC(C)(C)S(=O)(=O)C4CC4)nc3[C@H](Cc3cc(F)cc(F)c3)NC(=O)Cn3nc(C(F)(F)F)c4c3C(F)(F)CC4)c21. The van der Waals surface area contributed by atoms with Crippen molar-refractivity contribution in [3.63, 3.8) is 0 Å². The molecule has 2 saturated carbocycles. The van der Waals surface area contributed by atoms with Crippen LogP contribution in [0.5, 0.6) is 0 Å². The number of hydrogen-bond acceptors (Lipinski definition) is 8. The van der Waals surface area contributed by atoms with Gasteiger partial charge in [0.25, 0.3) is 5.92 Å². The van der Waals surface area contributed by atoms with E-state index in [2.05, 4.69) is 32.1 Å². The molecule has 340 valence electrons. The Hall–Kier alpha value is -4.47. The molecule has 2 fully saturated rings. The Kier molecular flexibility index (Phi) is 11.6. The van der Waals surface area contributed by atoms with E-state index in [1.807, 2.05) is 22.6 Å². The van der Waals surface area contributed by atoms with Crippen LogP contribution in [0.4, 0.5) is 36.6 Å². The van der Waals surface area contributed by atoms with Crippen molar-refractivity contribution in [3.05, 3.63) is 90.5 Å². The summed E-state index contributed by atoms with van der Waals surface area (Å²) in [6, 6.07) is 5.65. The summed E-state index contributed by atoms with van der Waals surface area (Å²) in [6.45, 7) is 1.75. The number of nitrogens with zero attached hydrogens (tertiary/aromatic N) is 5. The zero-order chi connectivity index (χ0) is 46.5. The Labute approximate surface area is 380 Å². The Morgan fingerprint density at radius 2 is 1.66 bits per heavy atom. The normalized spacial score (nSPS) is 16.9. The van der Waals surface area contributed by atoms with Crippen LogP contribution in [0.2, 0.25) is 5.02 Å². The third kappa shape index (κ3) is 8.80. The maximum absolute atomic E-state index is 15.1. The molecule has 1 atom stereocenters. The lowest BCUT2D eigenvalue weighted by Crippen LogP contribution is -2.35. The Morgan fingerprint density at radius 1 is 1.00 bits per heavy atom. The first kappa shape index (κ1) is 46.1. The minimum absolute atomic E-state index is 0.00412. The second-order valence-electron chi connectivity index (χ2n) is 16.5. The average Bonchev–Trinajstić information content (AvgIpc) is 4.11. The Bertz CT molecular complexity index is 3050. The van der Waals surface area contributed by atoms with Gasteiger partial charge in [-0.1, -0.05) is 23.6 Å². The Morgan fingerprint density at radius 3 is 2.28 bits per heavy atom. The average molecular weight is 1070 g/mol. The molecule has 8 rings (SSSR count). The van der Waals surface area contributed by atoms with E-state index >= 15 is 8.78 Å². The van der Waals surface area contributed by atoms with Crippen LogP contribution in [0.3, 0.4) is 0 Å². The van der Waals surface area contributed by atoms with E-state index in [1.165, 1.54) is 31.6 Å². The molecule has 0 spiro atoms. The standard InChI is InChI=1S/C41H36ClF7IN7O5S2/c1-39(2,63(59,60)23-4-5-23)12-11-30-29(50)18-27(25-8-9-28(42)33-35(25)56(3)54-38(33)55-64(61,62)24-6-7-24)34(52-30)31(16-20-14-21(43)17-22(44)15-20)51-32(58)19-57-37-26(10-13-40(37,45)46)36(53-57)41(47,48)49/h8-9,14-15,17-18,23-24,31H,4-7,10,13,16,19H2,1-3H3,(H,51,58)(H,54,55)/t31-/m0/s1. The molecule has 2 aromatic carbocycles. The highest BCUT2D eigenvalue weighted by Crippen LogP contribution is 2.47. The summed E-state index contributed by atoms with van der Waals surface area (Å²) < 4.78 is 158. The first-order valence-electron chi connectivity index (χ1n) is 19.7. The molecular weight excluding hydrogens is 1030 g/mol. The van der Waals surface area contributed by atoms with Crippen molar-refractivity contribution in [3.8, 4) is 23.0 Å². The van der Waals surface area contributed by atoms with Gasteiger partial charge in [-0.05, 0) is 111 Å². The van der Waals surface area contributed by atoms with Gasteiger partial charge in [0.15, 0.2) is 21.3 Å². The summed E-state index contributed by atoms with van der Waals surface area (Å²) in [5, 5.41) is 9.50. The van der Waals surface area contributed by atoms with Crippen molar-refractivity contribution in [1.82, 2.24) is 29.9 Å². The number of nitrogens with one attached hydrogen (secondary N) is 2. The second kappa shape index (κ2) is 16.1. The number of pyridine rings is 1. The van der Waals surface area contributed by atoms with Crippen LogP contribution < -0.4 is 10.0 Å². The summed E-state index contributed by atoms with van der Waals surface area (Å²) >= 11 is 8.62. The fraction of sp³-hybridized carbons (Fsp3) is 0.415. The van der Waals surface area contributed by atoms with E-state index in [4.69, 9.17) is 16.6 Å². The van der Waals surface area contributed by atoms with E-state index in [0.29, 0.717) is 40.0 Å². The number of carbonyl (C=O) groups is 1. The lowest BCUT2D eigenvalue weighted by molar-refractivity contribution is -0.142. The van der Waals surface area contributed by atoms with Crippen LogP contribution >= 0.6 is 34.2 Å². The molecule has 3 heterocycles. The third-order valence-corrected chi connectivity index (χ3v) is 17.1. The predicted octanol–water partition coefficient (Wildman–Crippen LogP) is 8.14. The zero-order valence-corrected chi connectivity index (χ0v) is 38.4. The van der Waals surface area contributed by atoms with E-state index < -0.39 is 114 Å². The molecule has 23 heteroatoms. The maximum Gasteiger partial charge on any atom is 0.435 e. The monoisotopic (exact) mass is 1070 g/mol. The first-order chi connectivity index (χ1) is 29.8. The van der Waals surface area contributed by atoms with Crippen molar-refractivity contribution in [2.24, 2.45) is 7.05 Å². The first-order valence-corrected chi connectivity index (χ1v) is 24.3. The van der Waals surface area contributed by atoms with Crippen LogP contribution in [0.1, 0.15) is 85.9 Å². The van der Waals surface area contributed by atoms with E-state index in [-0.39, 0.29) is 49.8 Å². The summed E-state index contributed by atoms with van der Waals surface area (Å²) in [7, 11) is -6.06. The van der Waals surface area contributed by atoms with Crippen LogP contribution in [0.15, 0.2) is 36.4 Å². The van der Waals surface area contributed by atoms with Crippen molar-refractivity contribution in [2.45, 2.75) is 98.7 Å². The van der Waals surface area contributed by atoms with Gasteiger partial charge in [-0.15, -0.1) is 0 Å². The smallest absolute Gasteiger partial charge is 0.346 e. The number of carbonyl (C=O) groups excluding carboxylic acids is 1. The van der Waals surface area contributed by atoms with Gasteiger partial charge in [0.2, 0.25) is 15.9 Å². The van der Waals surface area contributed by atoms with Gasteiger partial charge < -0.3 is 5.32 Å². The number of hydrogen-bond donors (Lipinski definition) is 2. The van der Waals surface area contributed by atoms with Crippen molar-refractivity contribution < 1.29 is 52.4 Å². The zero-order valence-electron chi connectivity index (χ0n) is 33.8. The molecule has 0 radical (unpaired) electrons. The van der Waals surface area contributed by atoms with Gasteiger partial charge in [0.1, 0.15) is 34.3 Å². The van der Waals surface area contributed by atoms with Crippen molar-refractivity contribution >= 4 is 76.7 Å². The van der Waals surface area contributed by atoms with Gasteiger partial charge in [-0.3, -0.25) is 18.9 Å². The third-order valence-electron chi connectivity index (χ3n) is 11.3. The molecule has 64 heavy (non-hydrogen) atoms. The fourth-order valence-corrected chi connectivity index (χ4v) is 11.8.